The van der Waals surface area contributed by atoms with Crippen LogP contribution in [-0.4, -0.2) is 21.7 Å². The van der Waals surface area contributed by atoms with Gasteiger partial charge in [0.05, 0.1) is 28.5 Å². The van der Waals surface area contributed by atoms with E-state index in [1.54, 1.807) is 18.4 Å². The average molecular weight is 638 g/mol. The maximum Gasteiger partial charge on any atom is 0.338 e. The summed E-state index contributed by atoms with van der Waals surface area (Å²) in [6, 6.07) is 17.5. The minimum Gasteiger partial charge on any atom is -0.463 e. The van der Waals surface area contributed by atoms with Crippen molar-refractivity contribution in [3.63, 3.8) is 0 Å². The Morgan fingerprint density at radius 3 is 2.53 bits per heavy atom. The first-order valence-corrected chi connectivity index (χ1v) is 14.3. The molecule has 0 spiro atoms. The second-order valence-corrected chi connectivity index (χ2v) is 11.5. The molecule has 0 aliphatic carbocycles. The Morgan fingerprint density at radius 1 is 1.11 bits per heavy atom. The summed E-state index contributed by atoms with van der Waals surface area (Å²) in [6.45, 7) is 10.1. The third-order valence-corrected chi connectivity index (χ3v) is 8.95. The van der Waals surface area contributed by atoms with E-state index >= 15 is 0 Å². The van der Waals surface area contributed by atoms with Crippen molar-refractivity contribution in [2.75, 3.05) is 6.61 Å². The number of carbonyl (C=O) groups excluding carboxylic acids is 1. The second-order valence-electron chi connectivity index (χ2n) is 9.31. The number of ether oxygens (including phenoxy) is 1. The predicted molar refractivity (Wildman–Crippen MR) is 160 cm³/mol. The Labute approximate surface area is 238 Å². The number of benzene rings is 2. The van der Waals surface area contributed by atoms with Gasteiger partial charge in [0, 0.05) is 20.6 Å². The van der Waals surface area contributed by atoms with Crippen molar-refractivity contribution in [2.45, 2.75) is 40.7 Å². The summed E-state index contributed by atoms with van der Waals surface area (Å²) in [6.07, 6.45) is 1.94. The molecular formula is C30H28IN3O3S. The molecule has 0 unspecified atom stereocenters. The molecule has 1 aliphatic heterocycles. The molecule has 0 saturated carbocycles. The predicted octanol–water partition coefficient (Wildman–Crippen LogP) is 5.12. The number of fused-ring (bicyclic) bond motifs is 1. The summed E-state index contributed by atoms with van der Waals surface area (Å²) >= 11 is 3.70. The summed E-state index contributed by atoms with van der Waals surface area (Å²) in [5.74, 6) is -0.451. The Morgan fingerprint density at radius 2 is 1.84 bits per heavy atom. The number of nitrogens with zero attached hydrogens (tertiary/aromatic N) is 3. The fraction of sp³-hybridized carbons (Fsp3) is 0.233. The highest BCUT2D eigenvalue weighted by atomic mass is 127. The zero-order chi connectivity index (χ0) is 27.1. The first-order valence-electron chi connectivity index (χ1n) is 12.4. The number of thiazole rings is 1. The Hall–Kier alpha value is -3.24. The van der Waals surface area contributed by atoms with Gasteiger partial charge in [-0.05, 0) is 98.2 Å². The average Bonchev–Trinajstić information content (AvgIpc) is 3.34. The Balaban J connectivity index is 1.68. The molecule has 1 aliphatic rings. The minimum atomic E-state index is -0.601. The van der Waals surface area contributed by atoms with Crippen molar-refractivity contribution in [3.8, 4) is 5.69 Å². The molecule has 8 heteroatoms. The van der Waals surface area contributed by atoms with Crippen LogP contribution in [0.2, 0.25) is 0 Å². The van der Waals surface area contributed by atoms with Gasteiger partial charge in [-0.15, -0.1) is 0 Å². The third-order valence-electron chi connectivity index (χ3n) is 6.80. The molecule has 0 saturated heterocycles. The van der Waals surface area contributed by atoms with E-state index in [1.165, 1.54) is 20.5 Å². The van der Waals surface area contributed by atoms with Gasteiger partial charge in [0.1, 0.15) is 0 Å². The van der Waals surface area contributed by atoms with Crippen LogP contribution in [-0.2, 0) is 9.53 Å². The number of halogens is 1. The molecule has 0 fully saturated rings. The van der Waals surface area contributed by atoms with E-state index < -0.39 is 12.0 Å². The van der Waals surface area contributed by atoms with Gasteiger partial charge in [-0.1, -0.05) is 47.7 Å². The highest BCUT2D eigenvalue weighted by molar-refractivity contribution is 14.1. The van der Waals surface area contributed by atoms with Crippen molar-refractivity contribution < 1.29 is 9.53 Å². The molecule has 6 nitrogen and oxygen atoms in total. The van der Waals surface area contributed by atoms with Crippen LogP contribution < -0.4 is 14.9 Å². The number of rotatable bonds is 5. The standard InChI is InChI=1S/C30H28IN3O3S/c1-6-37-29(36)26-19(4)32-30-34(27(26)21-10-8-7-9-11-21)28(35)25(38-30)15-22-14-18(3)33(20(22)5)23-13-12-17(2)24(31)16-23/h7-16,27H,6H2,1-5H3/b25-15-/t27-/m0/s1. The van der Waals surface area contributed by atoms with E-state index in [0.717, 1.165) is 28.2 Å². The fourth-order valence-electron chi connectivity index (χ4n) is 4.94. The van der Waals surface area contributed by atoms with Crippen LogP contribution in [0.15, 0.2) is 75.7 Å². The largest absolute Gasteiger partial charge is 0.463 e. The zero-order valence-electron chi connectivity index (χ0n) is 21.9. The molecule has 3 heterocycles. The zero-order valence-corrected chi connectivity index (χ0v) is 24.9. The molecule has 5 rings (SSSR count). The summed E-state index contributed by atoms with van der Waals surface area (Å²) < 4.78 is 11.0. The monoisotopic (exact) mass is 637 g/mol. The summed E-state index contributed by atoms with van der Waals surface area (Å²) in [5.41, 5.74) is 7.07. The third kappa shape index (κ3) is 4.60. The van der Waals surface area contributed by atoms with Crippen molar-refractivity contribution >= 4 is 46.0 Å². The molecule has 2 aromatic carbocycles. The number of carbonyl (C=O) groups is 1. The van der Waals surface area contributed by atoms with E-state index in [-0.39, 0.29) is 12.2 Å². The van der Waals surface area contributed by atoms with E-state index in [2.05, 4.69) is 77.2 Å². The van der Waals surface area contributed by atoms with Crippen molar-refractivity contribution in [1.82, 2.24) is 9.13 Å². The first kappa shape index (κ1) is 26.4. The number of esters is 1. The lowest BCUT2D eigenvalue weighted by molar-refractivity contribution is -0.139. The van der Waals surface area contributed by atoms with Crippen LogP contribution >= 0.6 is 33.9 Å². The Kier molecular flexibility index (Phi) is 7.28. The molecule has 0 N–H and O–H groups in total. The number of hydrogen-bond acceptors (Lipinski definition) is 5. The molecule has 194 valence electrons. The van der Waals surface area contributed by atoms with Crippen LogP contribution in [0.4, 0.5) is 0 Å². The summed E-state index contributed by atoms with van der Waals surface area (Å²) in [5, 5.41) is 0. The Bertz CT molecular complexity index is 1780. The van der Waals surface area contributed by atoms with Crippen LogP contribution in [0.3, 0.4) is 0 Å². The summed E-state index contributed by atoms with van der Waals surface area (Å²) in [7, 11) is 0. The highest BCUT2D eigenvalue weighted by Crippen LogP contribution is 2.30. The van der Waals surface area contributed by atoms with Crippen molar-refractivity contribution in [2.24, 2.45) is 4.99 Å². The van der Waals surface area contributed by atoms with Gasteiger partial charge in [-0.25, -0.2) is 9.79 Å². The SMILES string of the molecule is CCOC(=O)C1=C(C)N=c2s/c(=C\c3cc(C)n(-c4ccc(C)c(I)c4)c3C)c(=O)n2[C@H]1c1ccccc1. The van der Waals surface area contributed by atoms with E-state index in [4.69, 9.17) is 4.74 Å². The molecule has 0 amide bonds. The van der Waals surface area contributed by atoms with Gasteiger partial charge >= 0.3 is 5.97 Å². The fourth-order valence-corrected chi connectivity index (χ4v) is 6.47. The lowest BCUT2D eigenvalue weighted by Gasteiger charge is -2.24. The van der Waals surface area contributed by atoms with Gasteiger partial charge < -0.3 is 9.30 Å². The lowest BCUT2D eigenvalue weighted by atomic mass is 9.96. The molecule has 2 aromatic heterocycles. The van der Waals surface area contributed by atoms with Crippen molar-refractivity contribution in [3.05, 3.63) is 117 Å². The minimum absolute atomic E-state index is 0.174. The smallest absolute Gasteiger partial charge is 0.338 e. The highest BCUT2D eigenvalue weighted by Gasteiger charge is 2.33. The van der Waals surface area contributed by atoms with E-state index in [1.807, 2.05) is 36.4 Å². The van der Waals surface area contributed by atoms with Gasteiger partial charge in [-0.3, -0.25) is 9.36 Å². The van der Waals surface area contributed by atoms with Crippen LogP contribution in [0, 0.1) is 24.3 Å². The van der Waals surface area contributed by atoms with Gasteiger partial charge in [-0.2, -0.15) is 0 Å². The molecule has 38 heavy (non-hydrogen) atoms. The lowest BCUT2D eigenvalue weighted by Crippen LogP contribution is -2.39. The quantitative estimate of drug-likeness (QED) is 0.226. The first-order chi connectivity index (χ1) is 18.2. The van der Waals surface area contributed by atoms with E-state index in [9.17, 15) is 9.59 Å². The molecule has 1 atom stereocenters. The molecular weight excluding hydrogens is 609 g/mol. The molecule has 0 bridgehead atoms. The number of hydrogen-bond donors (Lipinski definition) is 0. The number of aryl methyl sites for hydroxylation is 2. The summed E-state index contributed by atoms with van der Waals surface area (Å²) in [4.78, 5) is 32.1. The number of aromatic nitrogens is 2. The number of allylic oxidation sites excluding steroid dienone is 1. The maximum atomic E-state index is 13.9. The second kappa shape index (κ2) is 10.5. The molecule has 4 aromatic rings. The van der Waals surface area contributed by atoms with Crippen LogP contribution in [0.1, 0.15) is 48.0 Å². The van der Waals surface area contributed by atoms with Gasteiger partial charge in [0.25, 0.3) is 5.56 Å². The topological polar surface area (TPSA) is 65.6 Å². The normalized spacial score (nSPS) is 15.4. The van der Waals surface area contributed by atoms with Crippen molar-refractivity contribution in [1.29, 1.82) is 0 Å². The van der Waals surface area contributed by atoms with Gasteiger partial charge in [0.2, 0.25) is 0 Å². The maximum absolute atomic E-state index is 13.9. The van der Waals surface area contributed by atoms with Crippen LogP contribution in [0.25, 0.3) is 11.8 Å². The molecule has 0 radical (unpaired) electrons. The van der Waals surface area contributed by atoms with Gasteiger partial charge in [0.15, 0.2) is 4.80 Å². The van der Waals surface area contributed by atoms with Crippen LogP contribution in [0.5, 0.6) is 0 Å². The van der Waals surface area contributed by atoms with E-state index in [0.29, 0.717) is 20.6 Å².